The molecule has 21 heavy (non-hydrogen) atoms. The number of H-pyrrole nitrogens is 1. The second-order valence-corrected chi connectivity index (χ2v) is 4.91. The fraction of sp³-hybridized carbons (Fsp3) is 0.333. The van der Waals surface area contributed by atoms with Crippen molar-refractivity contribution in [2.75, 3.05) is 6.54 Å². The average molecular weight is 288 g/mol. The zero-order valence-corrected chi connectivity index (χ0v) is 11.7. The van der Waals surface area contributed by atoms with E-state index in [2.05, 4.69) is 15.3 Å². The molecule has 0 bridgehead atoms. The second kappa shape index (κ2) is 7.44. The number of carbonyl (C=O) groups excluding carboxylic acids is 1. The fourth-order valence-electron chi connectivity index (χ4n) is 2.01. The first-order chi connectivity index (χ1) is 10.1. The van der Waals surface area contributed by atoms with Crippen LogP contribution in [0.4, 0.5) is 0 Å². The normalized spacial score (nSPS) is 12.0. The number of amides is 1. The van der Waals surface area contributed by atoms with Gasteiger partial charge in [0.2, 0.25) is 5.91 Å². The van der Waals surface area contributed by atoms with Crippen molar-refractivity contribution < 1.29 is 9.90 Å². The molecular weight excluding hydrogens is 268 g/mol. The number of benzene rings is 1. The molecule has 0 spiro atoms. The SMILES string of the molecule is N[C@H](Cc1ccc(O)cc1)C(=O)NCCCc1ncc[nH]1. The maximum absolute atomic E-state index is 11.9. The summed E-state index contributed by atoms with van der Waals surface area (Å²) >= 11 is 0. The molecule has 1 atom stereocenters. The van der Waals surface area contributed by atoms with E-state index in [9.17, 15) is 9.90 Å². The zero-order valence-electron chi connectivity index (χ0n) is 11.7. The van der Waals surface area contributed by atoms with Gasteiger partial charge in [-0.25, -0.2) is 4.98 Å². The Morgan fingerprint density at radius 1 is 1.38 bits per heavy atom. The van der Waals surface area contributed by atoms with E-state index in [-0.39, 0.29) is 11.7 Å². The van der Waals surface area contributed by atoms with Crippen molar-refractivity contribution in [1.29, 1.82) is 0 Å². The van der Waals surface area contributed by atoms with Gasteiger partial charge < -0.3 is 21.1 Å². The van der Waals surface area contributed by atoms with E-state index in [1.54, 1.807) is 36.7 Å². The number of carbonyl (C=O) groups is 1. The molecule has 112 valence electrons. The summed E-state index contributed by atoms with van der Waals surface area (Å²) in [4.78, 5) is 19.0. The third-order valence-electron chi connectivity index (χ3n) is 3.17. The molecule has 1 aromatic heterocycles. The van der Waals surface area contributed by atoms with Crippen molar-refractivity contribution in [2.45, 2.75) is 25.3 Å². The molecule has 0 unspecified atom stereocenters. The molecule has 0 radical (unpaired) electrons. The maximum Gasteiger partial charge on any atom is 0.237 e. The molecule has 0 aliphatic carbocycles. The van der Waals surface area contributed by atoms with E-state index in [1.807, 2.05) is 0 Å². The monoisotopic (exact) mass is 288 g/mol. The van der Waals surface area contributed by atoms with Crippen LogP contribution < -0.4 is 11.1 Å². The summed E-state index contributed by atoms with van der Waals surface area (Å²) in [6.07, 6.45) is 5.54. The van der Waals surface area contributed by atoms with Gasteiger partial charge in [0.25, 0.3) is 0 Å². The van der Waals surface area contributed by atoms with Gasteiger partial charge in [-0.2, -0.15) is 0 Å². The summed E-state index contributed by atoms with van der Waals surface area (Å²) in [6, 6.07) is 6.11. The minimum Gasteiger partial charge on any atom is -0.508 e. The topological polar surface area (TPSA) is 104 Å². The Morgan fingerprint density at radius 2 is 2.14 bits per heavy atom. The largest absolute Gasteiger partial charge is 0.508 e. The Hall–Kier alpha value is -2.34. The number of hydrogen-bond donors (Lipinski definition) is 4. The molecule has 2 aromatic rings. The highest BCUT2D eigenvalue weighted by molar-refractivity contribution is 5.81. The van der Waals surface area contributed by atoms with Crippen molar-refractivity contribution >= 4 is 5.91 Å². The van der Waals surface area contributed by atoms with Gasteiger partial charge in [-0.3, -0.25) is 4.79 Å². The lowest BCUT2D eigenvalue weighted by atomic mass is 10.1. The first-order valence-corrected chi connectivity index (χ1v) is 6.94. The number of phenols is 1. The lowest BCUT2D eigenvalue weighted by Gasteiger charge is -2.12. The number of nitrogens with one attached hydrogen (secondary N) is 2. The minimum absolute atomic E-state index is 0.164. The van der Waals surface area contributed by atoms with Crippen LogP contribution in [0.25, 0.3) is 0 Å². The van der Waals surface area contributed by atoms with Gasteiger partial charge in [-0.15, -0.1) is 0 Å². The Bertz CT molecular complexity index is 552. The molecule has 1 amide bonds. The van der Waals surface area contributed by atoms with Gasteiger partial charge in [0.15, 0.2) is 0 Å². The molecule has 0 fully saturated rings. The Balaban J connectivity index is 1.68. The van der Waals surface area contributed by atoms with Crippen molar-refractivity contribution in [3.05, 3.63) is 48.0 Å². The fourth-order valence-corrected chi connectivity index (χ4v) is 2.01. The molecule has 1 heterocycles. The van der Waals surface area contributed by atoms with Crippen molar-refractivity contribution in [3.8, 4) is 5.75 Å². The molecule has 6 nitrogen and oxygen atoms in total. The van der Waals surface area contributed by atoms with Crippen molar-refractivity contribution in [2.24, 2.45) is 5.73 Å². The molecule has 0 aliphatic rings. The number of aryl methyl sites for hydroxylation is 1. The van der Waals surface area contributed by atoms with Gasteiger partial charge >= 0.3 is 0 Å². The smallest absolute Gasteiger partial charge is 0.237 e. The molecule has 0 saturated carbocycles. The van der Waals surface area contributed by atoms with Crippen LogP contribution in [0.2, 0.25) is 0 Å². The Morgan fingerprint density at radius 3 is 2.81 bits per heavy atom. The van der Waals surface area contributed by atoms with E-state index < -0.39 is 6.04 Å². The van der Waals surface area contributed by atoms with Crippen LogP contribution in [-0.4, -0.2) is 33.6 Å². The number of aromatic nitrogens is 2. The van der Waals surface area contributed by atoms with Crippen LogP contribution >= 0.6 is 0 Å². The summed E-state index contributed by atoms with van der Waals surface area (Å²) in [5.41, 5.74) is 6.79. The molecule has 0 saturated heterocycles. The van der Waals surface area contributed by atoms with Crippen LogP contribution in [0.5, 0.6) is 5.75 Å². The molecule has 0 aliphatic heterocycles. The van der Waals surface area contributed by atoms with Crippen LogP contribution in [0.1, 0.15) is 17.8 Å². The Labute approximate surface area is 123 Å². The summed E-state index contributed by atoms with van der Waals surface area (Å²) in [6.45, 7) is 0.572. The average Bonchev–Trinajstić information content (AvgIpc) is 2.99. The number of nitrogens with zero attached hydrogens (tertiary/aromatic N) is 1. The number of imidazole rings is 1. The standard InChI is InChI=1S/C15H20N4O2/c16-13(10-11-3-5-12(20)6-4-11)15(21)19-7-1-2-14-17-8-9-18-14/h3-6,8-9,13,20H,1-2,7,10,16H2,(H,17,18)(H,19,21)/t13-/m1/s1. The number of hydrogen-bond acceptors (Lipinski definition) is 4. The zero-order chi connectivity index (χ0) is 15.1. The number of nitrogens with two attached hydrogens (primary N) is 1. The highest BCUT2D eigenvalue weighted by atomic mass is 16.3. The lowest BCUT2D eigenvalue weighted by Crippen LogP contribution is -2.42. The van der Waals surface area contributed by atoms with Gasteiger partial charge in [-0.1, -0.05) is 12.1 Å². The van der Waals surface area contributed by atoms with E-state index >= 15 is 0 Å². The van der Waals surface area contributed by atoms with E-state index in [0.717, 1.165) is 24.2 Å². The lowest BCUT2D eigenvalue weighted by molar-refractivity contribution is -0.122. The first kappa shape index (κ1) is 15.1. The molecule has 2 rings (SSSR count). The van der Waals surface area contributed by atoms with Gasteiger partial charge in [-0.05, 0) is 30.5 Å². The maximum atomic E-state index is 11.9. The van der Waals surface area contributed by atoms with E-state index in [1.165, 1.54) is 0 Å². The number of aromatic amines is 1. The quantitative estimate of drug-likeness (QED) is 0.564. The van der Waals surface area contributed by atoms with Crippen molar-refractivity contribution in [3.63, 3.8) is 0 Å². The third kappa shape index (κ3) is 4.92. The highest BCUT2D eigenvalue weighted by Gasteiger charge is 2.13. The summed E-state index contributed by atoms with van der Waals surface area (Å²) in [5.74, 6) is 0.954. The van der Waals surface area contributed by atoms with Gasteiger partial charge in [0.1, 0.15) is 11.6 Å². The van der Waals surface area contributed by atoms with Crippen LogP contribution in [0.15, 0.2) is 36.7 Å². The van der Waals surface area contributed by atoms with E-state index in [0.29, 0.717) is 13.0 Å². The predicted octanol–water partition coefficient (Wildman–Crippen LogP) is 0.734. The van der Waals surface area contributed by atoms with Gasteiger partial charge in [0, 0.05) is 25.4 Å². The second-order valence-electron chi connectivity index (χ2n) is 4.91. The Kier molecular flexibility index (Phi) is 5.34. The van der Waals surface area contributed by atoms with E-state index in [4.69, 9.17) is 5.73 Å². The van der Waals surface area contributed by atoms with Crippen molar-refractivity contribution in [1.82, 2.24) is 15.3 Å². The minimum atomic E-state index is -0.585. The van der Waals surface area contributed by atoms with Crippen LogP contribution in [0.3, 0.4) is 0 Å². The molecule has 6 heteroatoms. The van der Waals surface area contributed by atoms with Crippen LogP contribution in [-0.2, 0) is 17.6 Å². The summed E-state index contributed by atoms with van der Waals surface area (Å²) < 4.78 is 0. The molecule has 1 aromatic carbocycles. The predicted molar refractivity (Wildman–Crippen MR) is 79.7 cm³/mol. The molecular formula is C15H20N4O2. The summed E-state index contributed by atoms with van der Waals surface area (Å²) in [5, 5.41) is 12.0. The van der Waals surface area contributed by atoms with Crippen LogP contribution in [0, 0.1) is 0 Å². The summed E-state index contributed by atoms with van der Waals surface area (Å²) in [7, 11) is 0. The van der Waals surface area contributed by atoms with Gasteiger partial charge in [0.05, 0.1) is 6.04 Å². The highest BCUT2D eigenvalue weighted by Crippen LogP contribution is 2.10. The third-order valence-corrected chi connectivity index (χ3v) is 3.17. The number of aromatic hydroxyl groups is 1. The number of rotatable bonds is 7. The molecule has 5 N–H and O–H groups in total. The first-order valence-electron chi connectivity index (χ1n) is 6.94. The number of phenolic OH excluding ortho intramolecular Hbond substituents is 1.